The van der Waals surface area contributed by atoms with Crippen LogP contribution >= 0.6 is 11.3 Å². The fourth-order valence-electron chi connectivity index (χ4n) is 5.05. The molecule has 5 aromatic rings. The molecule has 0 radical (unpaired) electrons. The fourth-order valence-corrected chi connectivity index (χ4v) is 6.73. The highest BCUT2D eigenvalue weighted by Crippen LogP contribution is 2.30. The minimum atomic E-state index is -4.53. The molecule has 0 spiro atoms. The Morgan fingerprint density at radius 1 is 0.962 bits per heavy atom. The van der Waals surface area contributed by atoms with Gasteiger partial charge in [-0.05, 0) is 66.4 Å². The van der Waals surface area contributed by atoms with E-state index < -0.39 is 58.7 Å². The Morgan fingerprint density at radius 2 is 1.62 bits per heavy atom. The third kappa shape index (κ3) is 10.9. The van der Waals surface area contributed by atoms with E-state index in [1.54, 1.807) is 48.7 Å². The van der Waals surface area contributed by atoms with E-state index in [2.05, 4.69) is 20.6 Å². The first kappa shape index (κ1) is 39.5. The van der Waals surface area contributed by atoms with Gasteiger partial charge in [0, 0.05) is 6.54 Å². The highest BCUT2D eigenvalue weighted by atomic mass is 32.2. The van der Waals surface area contributed by atoms with Crippen molar-refractivity contribution in [1.82, 2.24) is 25.3 Å². The molecule has 0 aliphatic heterocycles. The predicted octanol–water partition coefficient (Wildman–Crippen LogP) is 3.27. The number of primary sulfonamides is 1. The molecule has 0 bridgehead atoms. The van der Waals surface area contributed by atoms with Crippen LogP contribution < -0.4 is 19.9 Å². The van der Waals surface area contributed by atoms with Gasteiger partial charge in [-0.3, -0.25) is 4.79 Å². The van der Waals surface area contributed by atoms with E-state index in [0.717, 1.165) is 29.0 Å². The number of alkyl halides is 4. The molecule has 5 rings (SSSR count). The van der Waals surface area contributed by atoms with Crippen molar-refractivity contribution in [2.24, 2.45) is 5.14 Å². The molecule has 3 aromatic carbocycles. The second-order valence-corrected chi connectivity index (χ2v) is 14.7. The second-order valence-electron chi connectivity index (χ2n) is 11.9. The molecule has 20 heteroatoms. The van der Waals surface area contributed by atoms with Crippen molar-refractivity contribution in [1.29, 1.82) is 0 Å². The Kier molecular flexibility index (Phi) is 12.6. The maximum absolute atomic E-state index is 13.0. The number of hydrogen-bond acceptors (Lipinski definition) is 12. The number of ether oxygens (including phenoxy) is 2. The maximum atomic E-state index is 13.0. The molecule has 6 N–H and O–H groups in total. The number of aromatic nitrogens is 4. The summed E-state index contributed by atoms with van der Waals surface area (Å²) in [5, 5.41) is 45.7. The van der Waals surface area contributed by atoms with Gasteiger partial charge < -0.3 is 30.1 Å². The Bertz CT molecular complexity index is 2100. The molecular weight excluding hydrogens is 749 g/mol. The lowest BCUT2D eigenvalue weighted by molar-refractivity contribution is -0.140. The Morgan fingerprint density at radius 3 is 2.26 bits per heavy atom. The highest BCUT2D eigenvalue weighted by Gasteiger charge is 2.30. The van der Waals surface area contributed by atoms with Crippen LogP contribution in [0.3, 0.4) is 0 Å². The molecule has 53 heavy (non-hydrogen) atoms. The molecule has 0 saturated heterocycles. The predicted molar refractivity (Wildman–Crippen MR) is 183 cm³/mol. The summed E-state index contributed by atoms with van der Waals surface area (Å²) < 4.78 is 88.2. The zero-order valence-corrected chi connectivity index (χ0v) is 29.2. The van der Waals surface area contributed by atoms with Crippen LogP contribution in [0.5, 0.6) is 11.5 Å². The molecule has 284 valence electrons. The molecule has 0 unspecified atom stereocenters. The molecule has 2 aromatic heterocycles. The number of benzene rings is 3. The minimum absolute atomic E-state index is 0.0346. The lowest BCUT2D eigenvalue weighted by Crippen LogP contribution is -2.42. The van der Waals surface area contributed by atoms with Gasteiger partial charge in [0.15, 0.2) is 0 Å². The van der Waals surface area contributed by atoms with Crippen LogP contribution in [-0.2, 0) is 40.4 Å². The SMILES string of the molecule is NS(=O)(=O)c1nc2ccc(OCc3cn([C@H](CN[C@@H](Cc4ccc(C(F)(F)F)cc4)C(=O)O)Cc4ccc(OC[C@H](O)[C@@H](O)CF)cc4)nn3)cc2s1. The molecular formula is C33H34F4N6O8S2. The van der Waals surface area contributed by atoms with Gasteiger partial charge in [0.1, 0.15) is 55.3 Å². The number of nitrogens with one attached hydrogen (secondary N) is 1. The number of nitrogens with two attached hydrogens (primary N) is 1. The van der Waals surface area contributed by atoms with Crippen LogP contribution in [0.25, 0.3) is 10.2 Å². The summed E-state index contributed by atoms with van der Waals surface area (Å²) in [5.74, 6) is -0.475. The molecule has 0 fully saturated rings. The van der Waals surface area contributed by atoms with Gasteiger partial charge in [-0.2, -0.15) is 13.2 Å². The van der Waals surface area contributed by atoms with Gasteiger partial charge in [-0.1, -0.05) is 29.5 Å². The number of carbonyl (C=O) groups is 1. The molecule has 0 saturated carbocycles. The number of carboxylic acid groups (broad SMARTS) is 1. The molecule has 0 aliphatic rings. The van der Waals surface area contributed by atoms with Crippen LogP contribution in [0.15, 0.2) is 77.3 Å². The summed E-state index contributed by atoms with van der Waals surface area (Å²) in [6.07, 6.45) is -5.74. The van der Waals surface area contributed by atoms with Crippen molar-refractivity contribution < 1.29 is 55.6 Å². The number of nitrogens with zero attached hydrogens (tertiary/aromatic N) is 4. The monoisotopic (exact) mass is 782 g/mol. The van der Waals surface area contributed by atoms with E-state index in [4.69, 9.17) is 14.6 Å². The summed E-state index contributed by atoms with van der Waals surface area (Å²) in [4.78, 5) is 16.2. The van der Waals surface area contributed by atoms with E-state index in [-0.39, 0.29) is 30.5 Å². The van der Waals surface area contributed by atoms with Crippen LogP contribution in [0.4, 0.5) is 17.6 Å². The van der Waals surface area contributed by atoms with Gasteiger partial charge in [0.25, 0.3) is 10.0 Å². The Hall–Kier alpha value is -4.73. The first-order valence-corrected chi connectivity index (χ1v) is 18.2. The number of hydrogen-bond donors (Lipinski definition) is 5. The third-order valence-corrected chi connectivity index (χ3v) is 10.3. The van der Waals surface area contributed by atoms with Crippen LogP contribution in [0.1, 0.15) is 28.4 Å². The highest BCUT2D eigenvalue weighted by molar-refractivity contribution is 7.91. The molecule has 2 heterocycles. The van der Waals surface area contributed by atoms with E-state index in [9.17, 15) is 46.1 Å². The maximum Gasteiger partial charge on any atom is 0.416 e. The zero-order valence-electron chi connectivity index (χ0n) is 27.6. The van der Waals surface area contributed by atoms with Crippen molar-refractivity contribution in [3.8, 4) is 11.5 Å². The second kappa shape index (κ2) is 16.9. The molecule has 4 atom stereocenters. The fraction of sp³-hybridized carbons (Fsp3) is 0.333. The topological polar surface area (TPSA) is 212 Å². The number of rotatable bonds is 18. The number of carboxylic acids is 1. The number of halogens is 4. The molecule has 0 amide bonds. The minimum Gasteiger partial charge on any atom is -0.491 e. The van der Waals surface area contributed by atoms with Crippen molar-refractivity contribution in [2.45, 2.75) is 54.3 Å². The standard InChI is InChI=1S/C33H34F4N6O8S2/c34-14-28(44)29(45)18-51-24-7-3-19(4-8-24)11-23(15-39-27(31(46)47)12-20-1-5-21(6-2-20)33(35,36)37)43-16-22(41-42-43)17-50-25-9-10-26-30(13-25)52-32(40-26)53(38,48)49/h1-10,13,16,23,27-29,39,44-45H,11-12,14-15,17-18H2,(H,46,47)(H2,38,48,49)/t23-,27-,28-,29-/m0/s1. The summed E-state index contributed by atoms with van der Waals surface area (Å²) in [6, 6.07) is 14.0. The van der Waals surface area contributed by atoms with E-state index in [0.29, 0.717) is 39.4 Å². The Balaban J connectivity index is 1.30. The van der Waals surface area contributed by atoms with Gasteiger partial charge in [0.2, 0.25) is 4.34 Å². The number of aliphatic carboxylic acids is 1. The van der Waals surface area contributed by atoms with Gasteiger partial charge in [-0.15, -0.1) is 16.4 Å². The van der Waals surface area contributed by atoms with Crippen molar-refractivity contribution in [3.05, 3.63) is 95.3 Å². The van der Waals surface area contributed by atoms with E-state index in [1.165, 1.54) is 16.8 Å². The van der Waals surface area contributed by atoms with Crippen molar-refractivity contribution in [3.63, 3.8) is 0 Å². The van der Waals surface area contributed by atoms with E-state index in [1.807, 2.05) is 0 Å². The number of sulfonamides is 1. The number of thiazole rings is 1. The summed E-state index contributed by atoms with van der Waals surface area (Å²) in [7, 11) is -3.98. The van der Waals surface area contributed by atoms with Gasteiger partial charge in [-0.25, -0.2) is 27.6 Å². The van der Waals surface area contributed by atoms with Crippen molar-refractivity contribution >= 4 is 37.5 Å². The summed E-state index contributed by atoms with van der Waals surface area (Å²) in [6.45, 7) is -1.46. The summed E-state index contributed by atoms with van der Waals surface area (Å²) in [5.41, 5.74) is 1.12. The largest absolute Gasteiger partial charge is 0.491 e. The normalized spacial score (nSPS) is 14.5. The average molecular weight is 783 g/mol. The van der Waals surface area contributed by atoms with Gasteiger partial charge >= 0.3 is 12.1 Å². The van der Waals surface area contributed by atoms with Gasteiger partial charge in [0.05, 0.1) is 28.0 Å². The lowest BCUT2D eigenvalue weighted by Gasteiger charge is -2.22. The van der Waals surface area contributed by atoms with Crippen LogP contribution in [0, 0.1) is 0 Å². The first-order chi connectivity index (χ1) is 25.1. The average Bonchev–Trinajstić information content (AvgIpc) is 3.78. The number of aliphatic hydroxyl groups is 2. The Labute approximate surface area is 303 Å². The number of fused-ring (bicyclic) bond motifs is 1. The third-order valence-electron chi connectivity index (χ3n) is 7.94. The summed E-state index contributed by atoms with van der Waals surface area (Å²) >= 11 is 0.894. The van der Waals surface area contributed by atoms with E-state index >= 15 is 0 Å². The van der Waals surface area contributed by atoms with Crippen LogP contribution in [-0.4, -0.2) is 87.8 Å². The molecule has 14 nitrogen and oxygen atoms in total. The molecule has 0 aliphatic carbocycles. The van der Waals surface area contributed by atoms with Crippen molar-refractivity contribution in [2.75, 3.05) is 19.8 Å². The smallest absolute Gasteiger partial charge is 0.416 e. The van der Waals surface area contributed by atoms with Crippen LogP contribution in [0.2, 0.25) is 0 Å². The quantitative estimate of drug-likeness (QED) is 0.0811. The number of aliphatic hydroxyl groups excluding tert-OH is 2. The zero-order chi connectivity index (χ0) is 38.3. The lowest BCUT2D eigenvalue weighted by atomic mass is 10.0. The first-order valence-electron chi connectivity index (χ1n) is 15.8.